The van der Waals surface area contributed by atoms with Crippen LogP contribution in [0.5, 0.6) is 0 Å². The van der Waals surface area contributed by atoms with Crippen LogP contribution in [-0.2, 0) is 23.2 Å². The average molecular weight is 462 g/mol. The van der Waals surface area contributed by atoms with Crippen molar-refractivity contribution in [3.05, 3.63) is 70.0 Å². The number of halogens is 3. The van der Waals surface area contributed by atoms with E-state index in [2.05, 4.69) is 10.2 Å². The van der Waals surface area contributed by atoms with Crippen molar-refractivity contribution >= 4 is 28.4 Å². The molecule has 0 spiro atoms. The zero-order chi connectivity index (χ0) is 22.7. The van der Waals surface area contributed by atoms with E-state index in [0.29, 0.717) is 53.6 Å². The zero-order valence-electron chi connectivity index (χ0n) is 17.3. The highest BCUT2D eigenvalue weighted by Crippen LogP contribution is 2.31. The van der Waals surface area contributed by atoms with Gasteiger partial charge in [-0.3, -0.25) is 13.8 Å². The van der Waals surface area contributed by atoms with Gasteiger partial charge in [0.1, 0.15) is 0 Å². The molecule has 0 bridgehead atoms. The molecule has 2 heterocycles. The molecule has 4 rings (SSSR count). The van der Waals surface area contributed by atoms with E-state index in [4.69, 9.17) is 4.74 Å². The second kappa shape index (κ2) is 9.33. The summed E-state index contributed by atoms with van der Waals surface area (Å²) in [5.41, 5.74) is 0.336. The molecule has 2 aromatic carbocycles. The monoisotopic (exact) mass is 462 g/mol. The van der Waals surface area contributed by atoms with Crippen molar-refractivity contribution in [3.63, 3.8) is 0 Å². The number of alkyl halides is 3. The van der Waals surface area contributed by atoms with E-state index in [1.54, 1.807) is 27.2 Å². The number of rotatable bonds is 8. The van der Waals surface area contributed by atoms with Gasteiger partial charge in [0.15, 0.2) is 5.16 Å². The highest BCUT2D eigenvalue weighted by atomic mass is 32.2. The van der Waals surface area contributed by atoms with Crippen LogP contribution in [0.3, 0.4) is 0 Å². The quantitative estimate of drug-likeness (QED) is 0.279. The number of aromatic nitrogens is 4. The first kappa shape index (κ1) is 22.3. The van der Waals surface area contributed by atoms with Crippen LogP contribution in [0.2, 0.25) is 0 Å². The minimum atomic E-state index is -4.39. The van der Waals surface area contributed by atoms with Crippen LogP contribution in [0.15, 0.2) is 58.5 Å². The normalized spacial score (nSPS) is 12.1. The van der Waals surface area contributed by atoms with Gasteiger partial charge < -0.3 is 4.74 Å². The Morgan fingerprint density at radius 1 is 1.09 bits per heavy atom. The standard InChI is InChI=1S/C22H21F3N4O2S/c1-2-31-12-6-11-28-19(30)17-9-3-4-10-18(17)29-20(28)26-27-21(29)32-14-15-7-5-8-16(13-15)22(23,24)25/h3-5,7-10,13H,2,6,11-12,14H2,1H3. The SMILES string of the molecule is CCOCCCn1c(=O)c2ccccc2n2c(SCc3cccc(C(F)(F)F)c3)nnc12. The molecule has 2 aromatic heterocycles. The Labute approximate surface area is 186 Å². The van der Waals surface area contributed by atoms with Crippen LogP contribution in [0.1, 0.15) is 24.5 Å². The second-order valence-electron chi connectivity index (χ2n) is 7.13. The number of fused-ring (bicyclic) bond motifs is 3. The smallest absolute Gasteiger partial charge is 0.382 e. The van der Waals surface area contributed by atoms with E-state index in [1.807, 2.05) is 19.1 Å². The number of thioether (sulfide) groups is 1. The summed E-state index contributed by atoms with van der Waals surface area (Å²) in [6.07, 6.45) is -3.75. The minimum absolute atomic E-state index is 0.161. The molecule has 0 aliphatic heterocycles. The fourth-order valence-electron chi connectivity index (χ4n) is 3.48. The molecule has 32 heavy (non-hydrogen) atoms. The summed E-state index contributed by atoms with van der Waals surface area (Å²) in [7, 11) is 0. The number of hydrogen-bond donors (Lipinski definition) is 0. The first-order valence-corrected chi connectivity index (χ1v) is 11.1. The predicted octanol–water partition coefficient (Wildman–Crippen LogP) is 4.78. The summed E-state index contributed by atoms with van der Waals surface area (Å²) < 4.78 is 47.8. The van der Waals surface area contributed by atoms with Gasteiger partial charge in [-0.1, -0.05) is 42.1 Å². The molecule has 0 atom stereocenters. The molecule has 0 aliphatic rings. The lowest BCUT2D eigenvalue weighted by Gasteiger charge is -2.11. The van der Waals surface area contributed by atoms with Crippen LogP contribution in [0, 0.1) is 0 Å². The molecule has 0 aliphatic carbocycles. The summed E-state index contributed by atoms with van der Waals surface area (Å²) in [6, 6.07) is 12.4. The molecule has 0 fully saturated rings. The second-order valence-corrected chi connectivity index (χ2v) is 8.07. The molecule has 168 valence electrons. The van der Waals surface area contributed by atoms with E-state index >= 15 is 0 Å². The van der Waals surface area contributed by atoms with Gasteiger partial charge in [0, 0.05) is 25.5 Å². The van der Waals surface area contributed by atoms with E-state index < -0.39 is 11.7 Å². The van der Waals surface area contributed by atoms with Crippen molar-refractivity contribution in [2.75, 3.05) is 13.2 Å². The van der Waals surface area contributed by atoms with Gasteiger partial charge in [-0.05, 0) is 37.1 Å². The number of nitrogens with zero attached hydrogens (tertiary/aromatic N) is 4. The Hall–Kier alpha value is -2.85. The van der Waals surface area contributed by atoms with Crippen LogP contribution in [-0.4, -0.2) is 32.4 Å². The highest BCUT2D eigenvalue weighted by Gasteiger charge is 2.30. The molecule has 4 aromatic rings. The lowest BCUT2D eigenvalue weighted by Crippen LogP contribution is -2.24. The minimum Gasteiger partial charge on any atom is -0.382 e. The third kappa shape index (κ3) is 4.51. The largest absolute Gasteiger partial charge is 0.416 e. The molecule has 0 unspecified atom stereocenters. The van der Waals surface area contributed by atoms with Crippen molar-refractivity contribution in [2.24, 2.45) is 0 Å². The summed E-state index contributed by atoms with van der Waals surface area (Å²) in [5, 5.41) is 9.50. The summed E-state index contributed by atoms with van der Waals surface area (Å²) in [5.74, 6) is 0.680. The summed E-state index contributed by atoms with van der Waals surface area (Å²) >= 11 is 1.27. The maximum atomic E-state index is 13.1. The predicted molar refractivity (Wildman–Crippen MR) is 117 cm³/mol. The molecule has 10 heteroatoms. The number of ether oxygens (including phenoxy) is 1. The zero-order valence-corrected chi connectivity index (χ0v) is 18.1. The Balaban J connectivity index is 1.70. The maximum absolute atomic E-state index is 13.1. The number of hydrogen-bond acceptors (Lipinski definition) is 5. The average Bonchev–Trinajstić information content (AvgIpc) is 3.21. The number of para-hydroxylation sites is 1. The first-order chi connectivity index (χ1) is 15.4. The lowest BCUT2D eigenvalue weighted by molar-refractivity contribution is -0.137. The van der Waals surface area contributed by atoms with Crippen molar-refractivity contribution in [1.29, 1.82) is 0 Å². The van der Waals surface area contributed by atoms with E-state index in [0.717, 1.165) is 12.1 Å². The van der Waals surface area contributed by atoms with Gasteiger partial charge in [0.05, 0.1) is 16.5 Å². The van der Waals surface area contributed by atoms with Crippen LogP contribution >= 0.6 is 11.8 Å². The molecule has 6 nitrogen and oxygen atoms in total. The van der Waals surface area contributed by atoms with Crippen molar-refractivity contribution in [3.8, 4) is 0 Å². The molecular formula is C22H21F3N4O2S. The van der Waals surface area contributed by atoms with Gasteiger partial charge in [0.25, 0.3) is 5.56 Å². The highest BCUT2D eigenvalue weighted by molar-refractivity contribution is 7.98. The Morgan fingerprint density at radius 2 is 1.91 bits per heavy atom. The third-order valence-electron chi connectivity index (χ3n) is 4.97. The molecule has 0 N–H and O–H groups in total. The lowest BCUT2D eigenvalue weighted by atomic mass is 10.1. The van der Waals surface area contributed by atoms with Crippen LogP contribution in [0.4, 0.5) is 13.2 Å². The van der Waals surface area contributed by atoms with Gasteiger partial charge in [-0.15, -0.1) is 10.2 Å². The van der Waals surface area contributed by atoms with Gasteiger partial charge >= 0.3 is 6.18 Å². The Kier molecular flexibility index (Phi) is 6.52. The number of benzene rings is 2. The molecule has 0 saturated carbocycles. The van der Waals surface area contributed by atoms with Crippen LogP contribution < -0.4 is 5.56 Å². The first-order valence-electron chi connectivity index (χ1n) is 10.1. The fraction of sp³-hybridized carbons (Fsp3) is 0.318. The molecule has 0 radical (unpaired) electrons. The van der Waals surface area contributed by atoms with Crippen molar-refractivity contribution < 1.29 is 17.9 Å². The summed E-state index contributed by atoms with van der Waals surface area (Å²) in [6.45, 7) is 3.45. The van der Waals surface area contributed by atoms with E-state index in [1.165, 1.54) is 17.8 Å². The van der Waals surface area contributed by atoms with E-state index in [-0.39, 0.29) is 11.3 Å². The summed E-state index contributed by atoms with van der Waals surface area (Å²) in [4.78, 5) is 13.1. The Morgan fingerprint density at radius 3 is 2.69 bits per heavy atom. The van der Waals surface area contributed by atoms with Gasteiger partial charge in [-0.25, -0.2) is 0 Å². The Bertz CT molecular complexity index is 1300. The number of aryl methyl sites for hydroxylation is 1. The van der Waals surface area contributed by atoms with E-state index in [9.17, 15) is 18.0 Å². The molecule has 0 amide bonds. The topological polar surface area (TPSA) is 61.4 Å². The third-order valence-corrected chi connectivity index (χ3v) is 5.98. The van der Waals surface area contributed by atoms with Gasteiger partial charge in [-0.2, -0.15) is 13.2 Å². The van der Waals surface area contributed by atoms with Gasteiger partial charge in [0.2, 0.25) is 5.78 Å². The van der Waals surface area contributed by atoms with Crippen LogP contribution in [0.25, 0.3) is 16.7 Å². The molecular weight excluding hydrogens is 441 g/mol. The molecule has 0 saturated heterocycles. The maximum Gasteiger partial charge on any atom is 0.416 e. The van der Waals surface area contributed by atoms with Crippen molar-refractivity contribution in [2.45, 2.75) is 37.0 Å². The fourth-order valence-corrected chi connectivity index (χ4v) is 4.37. The van der Waals surface area contributed by atoms with Crippen molar-refractivity contribution in [1.82, 2.24) is 19.2 Å².